The van der Waals surface area contributed by atoms with Crippen LogP contribution in [0.1, 0.15) is 23.2 Å². The van der Waals surface area contributed by atoms with E-state index in [2.05, 4.69) is 20.3 Å². The van der Waals surface area contributed by atoms with Gasteiger partial charge >= 0.3 is 0 Å². The topological polar surface area (TPSA) is 71.0 Å². The molecule has 1 N–H and O–H groups in total. The molecular weight excluding hydrogens is 405 g/mol. The molecule has 3 atom stereocenters. The summed E-state index contributed by atoms with van der Waals surface area (Å²) in [6.07, 6.45) is 6.70. The van der Waals surface area contributed by atoms with Gasteiger partial charge in [-0.3, -0.25) is 4.79 Å². The molecule has 30 heavy (non-hydrogen) atoms. The Bertz CT molecular complexity index is 1080. The number of hydrogen-bond acceptors (Lipinski definition) is 5. The molecule has 1 saturated carbocycles. The van der Waals surface area contributed by atoms with Crippen LogP contribution in [0.25, 0.3) is 11.4 Å². The molecule has 6 nitrogen and oxygen atoms in total. The van der Waals surface area contributed by atoms with E-state index >= 15 is 0 Å². The number of carbonyl (C=O) groups is 1. The molecule has 1 aliphatic carbocycles. The highest BCUT2D eigenvalue weighted by Crippen LogP contribution is 2.40. The van der Waals surface area contributed by atoms with Crippen molar-refractivity contribution in [3.8, 4) is 11.4 Å². The summed E-state index contributed by atoms with van der Waals surface area (Å²) < 4.78 is 14.1. The molecule has 2 bridgehead atoms. The van der Waals surface area contributed by atoms with Gasteiger partial charge in [0.25, 0.3) is 5.91 Å². The number of likely N-dealkylation sites (tertiary alicyclic amines) is 1. The first-order valence-corrected chi connectivity index (χ1v) is 10.2. The first-order valence-electron chi connectivity index (χ1n) is 9.84. The Hall–Kier alpha value is -3.06. The summed E-state index contributed by atoms with van der Waals surface area (Å²) >= 11 is 5.92. The van der Waals surface area contributed by atoms with E-state index in [4.69, 9.17) is 11.6 Å². The molecule has 0 spiro atoms. The van der Waals surface area contributed by atoms with Crippen LogP contribution >= 0.6 is 11.6 Å². The lowest BCUT2D eigenvalue weighted by Crippen LogP contribution is -2.47. The molecular formula is C22H19ClFN5O. The van der Waals surface area contributed by atoms with E-state index in [0.29, 0.717) is 28.9 Å². The molecule has 152 valence electrons. The SMILES string of the molecule is O=C(c1cc(F)ccc1-c1ncccn1)N1C[C@@H]2C[C@@H](Nc3ccc(Cl)cn3)[C@@H]1C2. The average molecular weight is 424 g/mol. The molecule has 1 saturated heterocycles. The third kappa shape index (κ3) is 3.50. The van der Waals surface area contributed by atoms with Gasteiger partial charge in [-0.2, -0.15) is 0 Å². The van der Waals surface area contributed by atoms with E-state index in [1.165, 1.54) is 12.1 Å². The Morgan fingerprint density at radius 1 is 1.13 bits per heavy atom. The molecule has 8 heteroatoms. The summed E-state index contributed by atoms with van der Waals surface area (Å²) in [6.45, 7) is 0.668. The van der Waals surface area contributed by atoms with Gasteiger partial charge in [0.15, 0.2) is 5.82 Å². The second kappa shape index (κ2) is 7.65. The molecule has 1 aliphatic heterocycles. The maximum absolute atomic E-state index is 14.1. The maximum atomic E-state index is 14.1. The van der Waals surface area contributed by atoms with Crippen molar-refractivity contribution in [2.75, 3.05) is 11.9 Å². The third-order valence-electron chi connectivity index (χ3n) is 5.82. The Morgan fingerprint density at radius 3 is 2.70 bits per heavy atom. The summed E-state index contributed by atoms with van der Waals surface area (Å²) in [5.41, 5.74) is 0.825. The number of halogens is 2. The first-order chi connectivity index (χ1) is 14.6. The van der Waals surface area contributed by atoms with Gasteiger partial charge in [0.2, 0.25) is 0 Å². The predicted octanol–water partition coefficient (Wildman–Crippen LogP) is 4.05. The Kier molecular flexibility index (Phi) is 4.83. The van der Waals surface area contributed by atoms with Crippen molar-refractivity contribution in [3.63, 3.8) is 0 Å². The van der Waals surface area contributed by atoms with Crippen molar-refractivity contribution in [2.45, 2.75) is 24.9 Å². The first kappa shape index (κ1) is 18.9. The standard InChI is InChI=1S/C22H19ClFN5O/c23-14-2-5-20(27-11-14)28-18-8-13-9-19(18)29(12-13)22(30)17-10-15(24)3-4-16(17)21-25-6-1-7-26-21/h1-7,10-11,13,18-19H,8-9,12H2,(H,27,28)/t13-,18-,19+/m1/s1. The number of piperidine rings is 1. The van der Waals surface area contributed by atoms with Crippen LogP contribution in [0.4, 0.5) is 10.2 Å². The highest BCUT2D eigenvalue weighted by molar-refractivity contribution is 6.30. The van der Waals surface area contributed by atoms with E-state index in [1.54, 1.807) is 36.8 Å². The zero-order valence-electron chi connectivity index (χ0n) is 16.0. The van der Waals surface area contributed by atoms with Crippen LogP contribution in [-0.4, -0.2) is 44.4 Å². The smallest absolute Gasteiger partial charge is 0.255 e. The van der Waals surface area contributed by atoms with Crippen LogP contribution in [-0.2, 0) is 0 Å². The summed E-state index contributed by atoms with van der Waals surface area (Å²) in [5, 5.41) is 4.01. The summed E-state index contributed by atoms with van der Waals surface area (Å²) in [5.74, 6) is 0.898. The van der Waals surface area contributed by atoms with E-state index in [9.17, 15) is 9.18 Å². The highest BCUT2D eigenvalue weighted by Gasteiger charge is 2.47. The minimum Gasteiger partial charge on any atom is -0.365 e. The number of aromatic nitrogens is 3. The summed E-state index contributed by atoms with van der Waals surface area (Å²) in [6, 6.07) is 9.61. The molecule has 3 heterocycles. The van der Waals surface area contributed by atoms with Crippen LogP contribution in [0.2, 0.25) is 5.02 Å². The van der Waals surface area contributed by atoms with Crippen molar-refractivity contribution < 1.29 is 9.18 Å². The van der Waals surface area contributed by atoms with Gasteiger partial charge in [0.05, 0.1) is 16.6 Å². The molecule has 1 aromatic carbocycles. The number of fused-ring (bicyclic) bond motifs is 2. The molecule has 5 rings (SSSR count). The van der Waals surface area contributed by atoms with Gasteiger partial charge in [-0.25, -0.2) is 19.3 Å². The third-order valence-corrected chi connectivity index (χ3v) is 6.05. The van der Waals surface area contributed by atoms with E-state index in [1.807, 2.05) is 11.0 Å². The van der Waals surface area contributed by atoms with Gasteiger partial charge in [-0.05, 0) is 55.2 Å². The van der Waals surface area contributed by atoms with Crippen LogP contribution in [0, 0.1) is 11.7 Å². The number of amides is 1. The fourth-order valence-corrected chi connectivity index (χ4v) is 4.66. The molecule has 3 aromatic rings. The summed E-state index contributed by atoms with van der Waals surface area (Å²) in [7, 11) is 0. The quantitative estimate of drug-likeness (QED) is 0.685. The number of pyridine rings is 1. The lowest BCUT2D eigenvalue weighted by Gasteiger charge is -2.34. The monoisotopic (exact) mass is 423 g/mol. The van der Waals surface area contributed by atoms with Crippen molar-refractivity contribution >= 4 is 23.3 Å². The molecule has 0 radical (unpaired) electrons. The van der Waals surface area contributed by atoms with Crippen molar-refractivity contribution in [3.05, 3.63) is 71.4 Å². The second-order valence-corrected chi connectivity index (χ2v) is 8.17. The number of anilines is 1. The van der Waals surface area contributed by atoms with Gasteiger partial charge in [-0.1, -0.05) is 11.6 Å². The van der Waals surface area contributed by atoms with Crippen molar-refractivity contribution in [2.24, 2.45) is 5.92 Å². The Balaban J connectivity index is 1.42. The van der Waals surface area contributed by atoms with Crippen LogP contribution < -0.4 is 5.32 Å². The molecule has 2 aliphatic rings. The zero-order valence-corrected chi connectivity index (χ0v) is 16.8. The predicted molar refractivity (Wildman–Crippen MR) is 112 cm³/mol. The largest absolute Gasteiger partial charge is 0.365 e. The summed E-state index contributed by atoms with van der Waals surface area (Å²) in [4.78, 5) is 28.1. The van der Waals surface area contributed by atoms with Crippen LogP contribution in [0.5, 0.6) is 0 Å². The number of nitrogens with one attached hydrogen (secondary N) is 1. The number of benzene rings is 1. The highest BCUT2D eigenvalue weighted by atomic mass is 35.5. The minimum atomic E-state index is -0.456. The van der Waals surface area contributed by atoms with E-state index in [0.717, 1.165) is 18.7 Å². The van der Waals surface area contributed by atoms with Crippen LogP contribution in [0.3, 0.4) is 0 Å². The van der Waals surface area contributed by atoms with Gasteiger partial charge in [-0.15, -0.1) is 0 Å². The Labute approximate surface area is 178 Å². The lowest BCUT2D eigenvalue weighted by molar-refractivity contribution is 0.0692. The van der Waals surface area contributed by atoms with Gasteiger partial charge < -0.3 is 10.2 Å². The fourth-order valence-electron chi connectivity index (χ4n) is 4.55. The second-order valence-electron chi connectivity index (χ2n) is 7.74. The molecule has 2 fully saturated rings. The lowest BCUT2D eigenvalue weighted by atomic mass is 10.0. The number of carbonyl (C=O) groups excluding carboxylic acids is 1. The molecule has 0 unspecified atom stereocenters. The van der Waals surface area contributed by atoms with Crippen molar-refractivity contribution in [1.29, 1.82) is 0 Å². The number of rotatable bonds is 4. The normalized spacial score (nSPS) is 22.3. The van der Waals surface area contributed by atoms with Crippen molar-refractivity contribution in [1.82, 2.24) is 19.9 Å². The Morgan fingerprint density at radius 2 is 1.97 bits per heavy atom. The number of nitrogens with zero attached hydrogens (tertiary/aromatic N) is 4. The minimum absolute atomic E-state index is 0.0211. The number of hydrogen-bond donors (Lipinski definition) is 1. The molecule has 1 amide bonds. The van der Waals surface area contributed by atoms with Gasteiger partial charge in [0.1, 0.15) is 11.6 Å². The zero-order chi connectivity index (χ0) is 20.7. The molecule has 2 aromatic heterocycles. The van der Waals surface area contributed by atoms with Crippen LogP contribution in [0.15, 0.2) is 55.0 Å². The average Bonchev–Trinajstić information content (AvgIpc) is 3.36. The maximum Gasteiger partial charge on any atom is 0.255 e. The van der Waals surface area contributed by atoms with Gasteiger partial charge in [0, 0.05) is 36.7 Å². The van der Waals surface area contributed by atoms with E-state index < -0.39 is 5.82 Å². The fraction of sp³-hybridized carbons (Fsp3) is 0.273. The van der Waals surface area contributed by atoms with E-state index in [-0.39, 0.29) is 23.6 Å².